The Morgan fingerprint density at radius 2 is 2.15 bits per heavy atom. The van der Waals surface area contributed by atoms with Crippen LogP contribution in [-0.2, 0) is 0 Å². The summed E-state index contributed by atoms with van der Waals surface area (Å²) in [6.45, 7) is 4.00. The van der Waals surface area contributed by atoms with Crippen LogP contribution in [0.2, 0.25) is 10.0 Å². The van der Waals surface area contributed by atoms with Crippen molar-refractivity contribution in [3.05, 3.63) is 33.6 Å². The zero-order valence-electron chi connectivity index (χ0n) is 11.3. The minimum atomic E-state index is -0.588. The molecular weight excluding hydrogens is 306 g/mol. The number of amides is 2. The van der Waals surface area contributed by atoms with Gasteiger partial charge in [0.05, 0.1) is 17.7 Å². The summed E-state index contributed by atoms with van der Waals surface area (Å²) in [7, 11) is 0. The number of aliphatic hydroxyl groups is 1. The van der Waals surface area contributed by atoms with Gasteiger partial charge in [0.15, 0.2) is 0 Å². The first kappa shape index (κ1) is 17.0. The Kier molecular flexibility index (Phi) is 6.52. The van der Waals surface area contributed by atoms with Gasteiger partial charge in [-0.1, -0.05) is 23.2 Å². The number of aliphatic hydroxyl groups excluding tert-OH is 1. The van der Waals surface area contributed by atoms with Crippen LogP contribution in [0.15, 0.2) is 12.1 Å². The molecule has 0 radical (unpaired) electrons. The summed E-state index contributed by atoms with van der Waals surface area (Å²) in [5.41, 5.74) is 0.335. The van der Waals surface area contributed by atoms with Gasteiger partial charge in [0.2, 0.25) is 0 Å². The number of halogens is 3. The van der Waals surface area contributed by atoms with Crippen molar-refractivity contribution in [1.82, 2.24) is 10.2 Å². The number of benzene rings is 1. The van der Waals surface area contributed by atoms with Gasteiger partial charge < -0.3 is 15.3 Å². The maximum Gasteiger partial charge on any atom is 0.317 e. The smallest absolute Gasteiger partial charge is 0.317 e. The first-order chi connectivity index (χ1) is 9.42. The molecule has 0 saturated carbocycles. The van der Waals surface area contributed by atoms with E-state index in [0.717, 1.165) is 0 Å². The maximum absolute atomic E-state index is 13.5. The third-order valence-electron chi connectivity index (χ3n) is 2.89. The van der Waals surface area contributed by atoms with Crippen molar-refractivity contribution in [3.8, 4) is 0 Å². The van der Waals surface area contributed by atoms with Gasteiger partial charge in [-0.15, -0.1) is 0 Å². The Morgan fingerprint density at radius 1 is 1.50 bits per heavy atom. The molecule has 1 unspecified atom stereocenters. The summed E-state index contributed by atoms with van der Waals surface area (Å²) >= 11 is 11.9. The van der Waals surface area contributed by atoms with E-state index in [1.54, 1.807) is 13.8 Å². The number of nitrogens with one attached hydrogen (secondary N) is 1. The summed E-state index contributed by atoms with van der Waals surface area (Å²) < 4.78 is 13.5. The van der Waals surface area contributed by atoms with Crippen LogP contribution >= 0.6 is 23.2 Å². The molecule has 0 aromatic heterocycles. The second-order valence-electron chi connectivity index (χ2n) is 4.23. The number of carbonyl (C=O) groups is 1. The van der Waals surface area contributed by atoms with Gasteiger partial charge in [0.25, 0.3) is 0 Å². The van der Waals surface area contributed by atoms with E-state index < -0.39 is 11.9 Å². The van der Waals surface area contributed by atoms with E-state index in [1.807, 2.05) is 0 Å². The van der Waals surface area contributed by atoms with Crippen molar-refractivity contribution in [3.63, 3.8) is 0 Å². The van der Waals surface area contributed by atoms with E-state index in [4.69, 9.17) is 28.3 Å². The third kappa shape index (κ3) is 3.98. The van der Waals surface area contributed by atoms with Crippen molar-refractivity contribution in [2.45, 2.75) is 19.9 Å². The van der Waals surface area contributed by atoms with E-state index in [2.05, 4.69) is 5.32 Å². The van der Waals surface area contributed by atoms with E-state index in [9.17, 15) is 9.18 Å². The Balaban J connectivity index is 2.89. The van der Waals surface area contributed by atoms with Crippen LogP contribution in [0, 0.1) is 5.82 Å². The van der Waals surface area contributed by atoms with Gasteiger partial charge in [-0.3, -0.25) is 0 Å². The molecule has 112 valence electrons. The molecule has 0 bridgehead atoms. The molecule has 0 saturated heterocycles. The molecule has 1 atom stereocenters. The van der Waals surface area contributed by atoms with Crippen LogP contribution < -0.4 is 5.32 Å². The van der Waals surface area contributed by atoms with E-state index in [1.165, 1.54) is 17.0 Å². The second kappa shape index (κ2) is 7.67. The summed E-state index contributed by atoms with van der Waals surface area (Å²) in [4.78, 5) is 13.4. The SMILES string of the molecule is CCN(CCO)C(=O)NC(C)c1c(Cl)ccc(F)c1Cl. The van der Waals surface area contributed by atoms with Crippen molar-refractivity contribution in [2.75, 3.05) is 19.7 Å². The minimum absolute atomic E-state index is 0.101. The van der Waals surface area contributed by atoms with Gasteiger partial charge in [-0.2, -0.15) is 0 Å². The first-order valence-corrected chi connectivity index (χ1v) is 6.97. The number of hydrogen-bond acceptors (Lipinski definition) is 2. The zero-order chi connectivity index (χ0) is 15.3. The fourth-order valence-corrected chi connectivity index (χ4v) is 2.51. The number of likely N-dealkylation sites (N-methyl/N-ethyl adjacent to an activating group) is 1. The van der Waals surface area contributed by atoms with E-state index in [0.29, 0.717) is 12.1 Å². The van der Waals surface area contributed by atoms with Crippen LogP contribution in [0.1, 0.15) is 25.5 Å². The largest absolute Gasteiger partial charge is 0.395 e. The number of rotatable bonds is 5. The highest BCUT2D eigenvalue weighted by molar-refractivity contribution is 6.36. The number of hydrogen-bond donors (Lipinski definition) is 2. The molecule has 1 rings (SSSR count). The first-order valence-electron chi connectivity index (χ1n) is 6.22. The molecule has 1 aromatic carbocycles. The number of carbonyl (C=O) groups excluding carboxylic acids is 1. The van der Waals surface area contributed by atoms with Crippen molar-refractivity contribution >= 4 is 29.2 Å². The van der Waals surface area contributed by atoms with Gasteiger partial charge in [-0.25, -0.2) is 9.18 Å². The predicted octanol–water partition coefficient (Wildman–Crippen LogP) is 3.22. The lowest BCUT2D eigenvalue weighted by molar-refractivity contribution is 0.178. The molecule has 4 nitrogen and oxygen atoms in total. The van der Waals surface area contributed by atoms with Crippen molar-refractivity contribution in [1.29, 1.82) is 0 Å². The van der Waals surface area contributed by atoms with Gasteiger partial charge in [-0.05, 0) is 26.0 Å². The Hall–Kier alpha value is -1.04. The summed E-state index contributed by atoms with van der Waals surface area (Å²) in [5, 5.41) is 11.7. The topological polar surface area (TPSA) is 52.6 Å². The van der Waals surface area contributed by atoms with Gasteiger partial charge >= 0.3 is 6.03 Å². The fraction of sp³-hybridized carbons (Fsp3) is 0.462. The standard InChI is InChI=1S/C13H17Cl2FN2O2/c1-3-18(6-7-19)13(20)17-8(2)11-9(14)4-5-10(16)12(11)15/h4-5,8,19H,3,6-7H2,1-2H3,(H,17,20). The highest BCUT2D eigenvalue weighted by Crippen LogP contribution is 2.32. The molecular formula is C13H17Cl2FN2O2. The average Bonchev–Trinajstić information content (AvgIpc) is 2.40. The molecule has 0 fully saturated rings. The molecule has 1 aromatic rings. The third-order valence-corrected chi connectivity index (χ3v) is 3.61. The summed E-state index contributed by atoms with van der Waals surface area (Å²) in [6.07, 6.45) is 0. The highest BCUT2D eigenvalue weighted by atomic mass is 35.5. The molecule has 2 amide bonds. The molecule has 7 heteroatoms. The Bertz CT molecular complexity index is 486. The van der Waals surface area contributed by atoms with Crippen LogP contribution in [0.25, 0.3) is 0 Å². The molecule has 0 aliphatic rings. The fourth-order valence-electron chi connectivity index (χ4n) is 1.81. The maximum atomic E-state index is 13.5. The second-order valence-corrected chi connectivity index (χ2v) is 5.02. The molecule has 0 spiro atoms. The van der Waals surface area contributed by atoms with Crippen LogP contribution in [0.5, 0.6) is 0 Å². The Morgan fingerprint density at radius 3 is 2.70 bits per heavy atom. The van der Waals surface area contributed by atoms with Gasteiger partial charge in [0, 0.05) is 23.7 Å². The van der Waals surface area contributed by atoms with E-state index in [-0.39, 0.29) is 29.2 Å². The molecule has 20 heavy (non-hydrogen) atoms. The van der Waals surface area contributed by atoms with Crippen molar-refractivity contribution in [2.24, 2.45) is 0 Å². The number of nitrogens with zero attached hydrogens (tertiary/aromatic N) is 1. The zero-order valence-corrected chi connectivity index (χ0v) is 12.8. The monoisotopic (exact) mass is 322 g/mol. The molecule has 0 aliphatic heterocycles. The average molecular weight is 323 g/mol. The molecule has 0 heterocycles. The molecule has 2 N–H and O–H groups in total. The van der Waals surface area contributed by atoms with Crippen molar-refractivity contribution < 1.29 is 14.3 Å². The van der Waals surface area contributed by atoms with Crippen LogP contribution in [0.3, 0.4) is 0 Å². The van der Waals surface area contributed by atoms with Crippen LogP contribution in [-0.4, -0.2) is 35.7 Å². The summed E-state index contributed by atoms with van der Waals surface area (Å²) in [6, 6.07) is 1.65. The normalized spacial score (nSPS) is 12.1. The minimum Gasteiger partial charge on any atom is -0.395 e. The Labute approximate surface area is 127 Å². The van der Waals surface area contributed by atoms with Crippen LogP contribution in [0.4, 0.5) is 9.18 Å². The lowest BCUT2D eigenvalue weighted by Gasteiger charge is -2.24. The van der Waals surface area contributed by atoms with E-state index >= 15 is 0 Å². The highest BCUT2D eigenvalue weighted by Gasteiger charge is 2.20. The number of urea groups is 1. The quantitative estimate of drug-likeness (QED) is 0.818. The lowest BCUT2D eigenvalue weighted by atomic mass is 10.1. The summed E-state index contributed by atoms with van der Waals surface area (Å²) in [5.74, 6) is -0.588. The lowest BCUT2D eigenvalue weighted by Crippen LogP contribution is -2.42. The molecule has 0 aliphatic carbocycles. The predicted molar refractivity (Wildman–Crippen MR) is 77.7 cm³/mol. The van der Waals surface area contributed by atoms with Gasteiger partial charge in [0.1, 0.15) is 5.82 Å².